The highest BCUT2D eigenvalue weighted by molar-refractivity contribution is 6.10. The maximum Gasteiger partial charge on any atom is 0.344 e. The molecule has 0 aliphatic rings. The Balaban J connectivity index is 1.62. The van der Waals surface area contributed by atoms with Crippen LogP contribution in [0.1, 0.15) is 69.4 Å². The first-order valence-corrected chi connectivity index (χ1v) is 11.1. The van der Waals surface area contributed by atoms with Gasteiger partial charge in [0.1, 0.15) is 11.3 Å². The molecule has 3 aromatic heterocycles. The second-order valence-electron chi connectivity index (χ2n) is 8.04. The Morgan fingerprint density at radius 1 is 1.09 bits per heavy atom. The molecule has 0 saturated carbocycles. The van der Waals surface area contributed by atoms with E-state index < -0.39 is 30.2 Å². The van der Waals surface area contributed by atoms with Gasteiger partial charge in [0.25, 0.3) is 5.91 Å². The van der Waals surface area contributed by atoms with Gasteiger partial charge in [-0.25, -0.2) is 14.3 Å². The maximum absolute atomic E-state index is 12.4. The highest BCUT2D eigenvalue weighted by Crippen LogP contribution is 2.28. The number of aromatic nitrogens is 3. The van der Waals surface area contributed by atoms with E-state index in [9.17, 15) is 19.2 Å². The van der Waals surface area contributed by atoms with E-state index in [0.29, 0.717) is 6.42 Å². The number of nitrogens with one attached hydrogen (secondary N) is 1. The number of ketones is 1. The third-order valence-corrected chi connectivity index (χ3v) is 5.40. The van der Waals surface area contributed by atoms with Gasteiger partial charge in [-0.05, 0) is 53.5 Å². The summed E-state index contributed by atoms with van der Waals surface area (Å²) in [5, 5.41) is 6.79. The first-order valence-electron chi connectivity index (χ1n) is 11.1. The number of carbonyl (C=O) groups excluding carboxylic acids is 4. The van der Waals surface area contributed by atoms with Gasteiger partial charge >= 0.3 is 11.9 Å². The number of furan rings is 1. The lowest BCUT2D eigenvalue weighted by atomic mass is 10.1. The average Bonchev–Trinajstić information content (AvgIpc) is 3.31. The Hall–Kier alpha value is -4.02. The lowest BCUT2D eigenvalue weighted by Crippen LogP contribution is -2.22. The van der Waals surface area contributed by atoms with Crippen LogP contribution in [-0.2, 0) is 25.5 Å². The minimum Gasteiger partial charge on any atom is -0.462 e. The molecule has 186 valence electrons. The van der Waals surface area contributed by atoms with Crippen molar-refractivity contribution in [3.05, 3.63) is 45.6 Å². The number of fused-ring (bicyclic) bond motifs is 1. The van der Waals surface area contributed by atoms with Crippen LogP contribution in [0.3, 0.4) is 0 Å². The summed E-state index contributed by atoms with van der Waals surface area (Å²) in [7, 11) is 0. The fourth-order valence-electron chi connectivity index (χ4n) is 3.87. The monoisotopic (exact) mass is 484 g/mol. The zero-order chi connectivity index (χ0) is 25.9. The largest absolute Gasteiger partial charge is 0.462 e. The van der Waals surface area contributed by atoms with Crippen LogP contribution < -0.4 is 5.32 Å². The zero-order valence-corrected chi connectivity index (χ0v) is 20.6. The number of hydrogen-bond donors (Lipinski definition) is 1. The molecule has 0 atom stereocenters. The number of ether oxygens (including phenoxy) is 2. The Morgan fingerprint density at radius 3 is 2.46 bits per heavy atom. The van der Waals surface area contributed by atoms with E-state index in [-0.39, 0.29) is 35.8 Å². The normalized spacial score (nSPS) is 10.9. The minimum absolute atomic E-state index is 0.0273. The molecular formula is C24H28N4O7. The summed E-state index contributed by atoms with van der Waals surface area (Å²) in [6.45, 7) is 9.52. The molecule has 1 N–H and O–H groups in total. The van der Waals surface area contributed by atoms with Crippen molar-refractivity contribution >= 4 is 35.2 Å². The van der Waals surface area contributed by atoms with Crippen molar-refractivity contribution in [2.45, 2.75) is 54.4 Å². The van der Waals surface area contributed by atoms with Gasteiger partial charge in [0, 0.05) is 23.9 Å². The van der Waals surface area contributed by atoms with Gasteiger partial charge in [-0.2, -0.15) is 5.10 Å². The van der Waals surface area contributed by atoms with E-state index in [2.05, 4.69) is 15.4 Å². The molecule has 0 aromatic carbocycles. The summed E-state index contributed by atoms with van der Waals surface area (Å²) < 4.78 is 17.2. The van der Waals surface area contributed by atoms with Gasteiger partial charge in [0.2, 0.25) is 5.88 Å². The predicted octanol–water partition coefficient (Wildman–Crippen LogP) is 3.05. The maximum atomic E-state index is 12.4. The second kappa shape index (κ2) is 10.5. The lowest BCUT2D eigenvalue weighted by Gasteiger charge is -2.11. The standard InChI is InChI=1S/C24H28N4O7/c1-7-33-24(32)22-21(15(5)29)16(6)35-23(22)26-19(30)11-34-20(31)9-8-17-13(3)25-18-10-12(2)27-28(18)14(17)4/h10H,7-9,11H2,1-6H3,(H,26,30). The van der Waals surface area contributed by atoms with E-state index in [1.807, 2.05) is 26.8 Å². The van der Waals surface area contributed by atoms with Crippen LogP contribution in [0.25, 0.3) is 5.65 Å². The third kappa shape index (κ3) is 5.56. The molecule has 0 radical (unpaired) electrons. The molecule has 0 fully saturated rings. The van der Waals surface area contributed by atoms with Gasteiger partial charge in [-0.1, -0.05) is 0 Å². The predicted molar refractivity (Wildman–Crippen MR) is 125 cm³/mol. The molecule has 35 heavy (non-hydrogen) atoms. The van der Waals surface area contributed by atoms with Gasteiger partial charge in [0.15, 0.2) is 18.0 Å². The number of aryl methyl sites for hydroxylation is 4. The van der Waals surface area contributed by atoms with Crippen molar-refractivity contribution in [2.24, 2.45) is 0 Å². The summed E-state index contributed by atoms with van der Waals surface area (Å²) in [6, 6.07) is 1.88. The molecule has 0 aliphatic carbocycles. The molecule has 3 heterocycles. The van der Waals surface area contributed by atoms with Crippen molar-refractivity contribution in [1.29, 1.82) is 0 Å². The first kappa shape index (κ1) is 25.6. The number of esters is 2. The van der Waals surface area contributed by atoms with Crippen LogP contribution >= 0.6 is 0 Å². The second-order valence-corrected chi connectivity index (χ2v) is 8.04. The molecule has 0 saturated heterocycles. The average molecular weight is 485 g/mol. The highest BCUT2D eigenvalue weighted by atomic mass is 16.5. The van der Waals surface area contributed by atoms with E-state index in [4.69, 9.17) is 13.9 Å². The van der Waals surface area contributed by atoms with Crippen molar-refractivity contribution in [3.8, 4) is 0 Å². The Bertz CT molecular complexity index is 1320. The van der Waals surface area contributed by atoms with Gasteiger partial charge in [-0.3, -0.25) is 19.7 Å². The summed E-state index contributed by atoms with van der Waals surface area (Å²) in [5.74, 6) is -2.59. The Morgan fingerprint density at radius 2 is 1.80 bits per heavy atom. The van der Waals surface area contributed by atoms with Crippen molar-refractivity contribution in [3.63, 3.8) is 0 Å². The first-order chi connectivity index (χ1) is 16.5. The summed E-state index contributed by atoms with van der Waals surface area (Å²) >= 11 is 0. The summed E-state index contributed by atoms with van der Waals surface area (Å²) in [6.07, 6.45) is 0.400. The van der Waals surface area contributed by atoms with Crippen molar-refractivity contribution < 1.29 is 33.1 Å². The van der Waals surface area contributed by atoms with E-state index in [0.717, 1.165) is 28.3 Å². The van der Waals surface area contributed by atoms with E-state index in [1.54, 1.807) is 11.4 Å². The fourth-order valence-corrected chi connectivity index (χ4v) is 3.87. The van der Waals surface area contributed by atoms with Gasteiger partial charge < -0.3 is 13.9 Å². The number of amides is 1. The molecule has 1 amide bonds. The number of carbonyl (C=O) groups is 4. The number of rotatable bonds is 9. The molecule has 11 heteroatoms. The summed E-state index contributed by atoms with van der Waals surface area (Å²) in [4.78, 5) is 53.5. The molecule has 0 bridgehead atoms. The number of Topliss-reactive ketones (excluding diaryl/α,β-unsaturated/α-hetero) is 1. The fraction of sp³-hybridized carbons (Fsp3) is 0.417. The molecule has 3 rings (SSSR count). The van der Waals surface area contributed by atoms with Crippen molar-refractivity contribution in [1.82, 2.24) is 14.6 Å². The molecular weight excluding hydrogens is 456 g/mol. The van der Waals surface area contributed by atoms with E-state index in [1.165, 1.54) is 13.8 Å². The zero-order valence-electron chi connectivity index (χ0n) is 20.6. The third-order valence-electron chi connectivity index (χ3n) is 5.40. The molecule has 0 aliphatic heterocycles. The summed E-state index contributed by atoms with van der Waals surface area (Å²) in [5.41, 5.74) is 4.00. The van der Waals surface area contributed by atoms with E-state index >= 15 is 0 Å². The topological polar surface area (TPSA) is 142 Å². The van der Waals surface area contributed by atoms with Gasteiger partial charge in [-0.15, -0.1) is 0 Å². The smallest absolute Gasteiger partial charge is 0.344 e. The number of nitrogens with zero attached hydrogens (tertiary/aromatic N) is 3. The van der Waals surface area contributed by atoms with Crippen LogP contribution in [0, 0.1) is 27.7 Å². The van der Waals surface area contributed by atoms with Crippen LogP contribution in [0.15, 0.2) is 10.5 Å². The molecule has 0 unspecified atom stereocenters. The highest BCUT2D eigenvalue weighted by Gasteiger charge is 2.29. The molecule has 3 aromatic rings. The van der Waals surface area contributed by atoms with Crippen LogP contribution in [0.2, 0.25) is 0 Å². The Kier molecular flexibility index (Phi) is 7.68. The van der Waals surface area contributed by atoms with Gasteiger partial charge in [0.05, 0.1) is 17.9 Å². The lowest BCUT2D eigenvalue weighted by molar-refractivity contribution is -0.147. The molecule has 0 spiro atoms. The number of anilines is 1. The quantitative estimate of drug-likeness (QED) is 0.358. The van der Waals surface area contributed by atoms with Crippen LogP contribution in [0.5, 0.6) is 0 Å². The number of hydrogen-bond acceptors (Lipinski definition) is 9. The SMILES string of the molecule is CCOC(=O)c1c(NC(=O)COC(=O)CCc2c(C)nc3cc(C)nn3c2C)oc(C)c1C(C)=O. The van der Waals surface area contributed by atoms with Crippen molar-refractivity contribution in [2.75, 3.05) is 18.5 Å². The van der Waals surface area contributed by atoms with Crippen LogP contribution in [0.4, 0.5) is 5.88 Å². The van der Waals surface area contributed by atoms with Crippen LogP contribution in [-0.4, -0.2) is 51.4 Å². The minimum atomic E-state index is -0.800. The Labute approximate surface area is 201 Å². The molecule has 11 nitrogen and oxygen atoms in total.